The molecule has 0 amide bonds. The van der Waals surface area contributed by atoms with Crippen molar-refractivity contribution in [1.29, 1.82) is 0 Å². The molecule has 0 saturated heterocycles. The highest BCUT2D eigenvalue weighted by Gasteiger charge is 2.18. The average molecular weight is 262 g/mol. The Morgan fingerprint density at radius 2 is 1.74 bits per heavy atom. The second-order valence-electron chi connectivity index (χ2n) is 4.79. The van der Waals surface area contributed by atoms with E-state index < -0.39 is 11.9 Å². The molecule has 1 nitrogen and oxygen atoms in total. The SMILES string of the molecule is Cc1cc(C)c(C(O)Cc2ccccc2F)c(F)c1. The topological polar surface area (TPSA) is 20.2 Å². The fourth-order valence-electron chi connectivity index (χ4n) is 2.32. The van der Waals surface area contributed by atoms with E-state index in [-0.39, 0.29) is 17.8 Å². The third-order valence-electron chi connectivity index (χ3n) is 3.19. The summed E-state index contributed by atoms with van der Waals surface area (Å²) in [4.78, 5) is 0. The van der Waals surface area contributed by atoms with Gasteiger partial charge in [0, 0.05) is 12.0 Å². The first-order chi connectivity index (χ1) is 8.99. The maximum Gasteiger partial charge on any atom is 0.129 e. The van der Waals surface area contributed by atoms with Gasteiger partial charge in [0.15, 0.2) is 0 Å². The van der Waals surface area contributed by atoms with E-state index in [1.54, 1.807) is 32.0 Å². The molecule has 0 bridgehead atoms. The van der Waals surface area contributed by atoms with E-state index in [9.17, 15) is 13.9 Å². The van der Waals surface area contributed by atoms with Crippen molar-refractivity contribution in [3.05, 3.63) is 70.3 Å². The maximum atomic E-state index is 13.9. The van der Waals surface area contributed by atoms with Crippen LogP contribution in [0.4, 0.5) is 8.78 Å². The van der Waals surface area contributed by atoms with Crippen LogP contribution in [0.5, 0.6) is 0 Å². The monoisotopic (exact) mass is 262 g/mol. The summed E-state index contributed by atoms with van der Waals surface area (Å²) >= 11 is 0. The maximum absolute atomic E-state index is 13.9. The van der Waals surface area contributed by atoms with Crippen LogP contribution in [-0.2, 0) is 6.42 Å². The Hall–Kier alpha value is -1.74. The summed E-state index contributed by atoms with van der Waals surface area (Å²) in [5.41, 5.74) is 2.11. The summed E-state index contributed by atoms with van der Waals surface area (Å²) in [6, 6.07) is 9.41. The third kappa shape index (κ3) is 2.99. The lowest BCUT2D eigenvalue weighted by molar-refractivity contribution is 0.171. The number of aliphatic hydroxyl groups excluding tert-OH is 1. The number of halogens is 2. The highest BCUT2D eigenvalue weighted by Crippen LogP contribution is 2.26. The molecular weight excluding hydrogens is 246 g/mol. The second kappa shape index (κ2) is 5.49. The summed E-state index contributed by atoms with van der Waals surface area (Å²) in [5.74, 6) is -0.826. The molecule has 1 N–H and O–H groups in total. The summed E-state index contributed by atoms with van der Waals surface area (Å²) in [7, 11) is 0. The molecule has 1 atom stereocenters. The first-order valence-electron chi connectivity index (χ1n) is 6.17. The zero-order chi connectivity index (χ0) is 14.0. The van der Waals surface area contributed by atoms with Crippen molar-refractivity contribution in [2.45, 2.75) is 26.4 Å². The summed E-state index contributed by atoms with van der Waals surface area (Å²) in [5, 5.41) is 10.1. The van der Waals surface area contributed by atoms with Crippen molar-refractivity contribution in [3.63, 3.8) is 0 Å². The number of hydrogen-bond donors (Lipinski definition) is 1. The smallest absolute Gasteiger partial charge is 0.129 e. The molecule has 0 aliphatic rings. The van der Waals surface area contributed by atoms with Crippen LogP contribution in [0.3, 0.4) is 0 Å². The van der Waals surface area contributed by atoms with Gasteiger partial charge < -0.3 is 5.11 Å². The average Bonchev–Trinajstić information content (AvgIpc) is 2.30. The predicted octanol–water partition coefficient (Wildman–Crippen LogP) is 3.86. The Bertz CT molecular complexity index is 570. The van der Waals surface area contributed by atoms with Crippen molar-refractivity contribution < 1.29 is 13.9 Å². The van der Waals surface area contributed by atoms with E-state index in [2.05, 4.69) is 0 Å². The predicted molar refractivity (Wildman–Crippen MR) is 70.9 cm³/mol. The second-order valence-corrected chi connectivity index (χ2v) is 4.79. The van der Waals surface area contributed by atoms with Gasteiger partial charge in [0.1, 0.15) is 11.6 Å². The van der Waals surface area contributed by atoms with Gasteiger partial charge in [-0.25, -0.2) is 8.78 Å². The quantitative estimate of drug-likeness (QED) is 0.890. The zero-order valence-electron chi connectivity index (χ0n) is 11.0. The standard InChI is InChI=1S/C16H16F2O/c1-10-7-11(2)16(14(18)8-10)15(19)9-12-5-3-4-6-13(12)17/h3-8,15,19H,9H2,1-2H3. The van der Waals surface area contributed by atoms with Gasteiger partial charge in [-0.3, -0.25) is 0 Å². The lowest BCUT2D eigenvalue weighted by Gasteiger charge is -2.16. The van der Waals surface area contributed by atoms with Crippen molar-refractivity contribution in [1.82, 2.24) is 0 Å². The fraction of sp³-hybridized carbons (Fsp3) is 0.250. The highest BCUT2D eigenvalue weighted by molar-refractivity contribution is 5.34. The van der Waals surface area contributed by atoms with Crippen LogP contribution >= 0.6 is 0 Å². The van der Waals surface area contributed by atoms with Crippen molar-refractivity contribution in [2.75, 3.05) is 0 Å². The molecule has 0 heterocycles. The molecule has 2 aromatic rings. The largest absolute Gasteiger partial charge is 0.388 e. The molecule has 0 aromatic heterocycles. The van der Waals surface area contributed by atoms with Gasteiger partial charge in [0.2, 0.25) is 0 Å². The van der Waals surface area contributed by atoms with Gasteiger partial charge in [-0.15, -0.1) is 0 Å². The Labute approximate surface area is 111 Å². The van der Waals surface area contributed by atoms with E-state index in [4.69, 9.17) is 0 Å². The number of benzene rings is 2. The number of rotatable bonds is 3. The van der Waals surface area contributed by atoms with E-state index in [1.807, 2.05) is 6.07 Å². The molecule has 3 heteroatoms. The normalized spacial score (nSPS) is 12.5. The zero-order valence-corrected chi connectivity index (χ0v) is 11.0. The van der Waals surface area contributed by atoms with Gasteiger partial charge in [0.25, 0.3) is 0 Å². The Balaban J connectivity index is 2.31. The van der Waals surface area contributed by atoms with E-state index in [0.717, 1.165) is 5.56 Å². The molecule has 2 aromatic carbocycles. The molecule has 100 valence electrons. The first-order valence-corrected chi connectivity index (χ1v) is 6.17. The van der Waals surface area contributed by atoms with Crippen LogP contribution in [0.2, 0.25) is 0 Å². The van der Waals surface area contributed by atoms with Gasteiger partial charge in [-0.05, 0) is 42.7 Å². The molecular formula is C16H16F2O. The van der Waals surface area contributed by atoms with Crippen molar-refractivity contribution in [2.24, 2.45) is 0 Å². The molecule has 0 saturated carbocycles. The Morgan fingerprint density at radius 3 is 2.37 bits per heavy atom. The number of hydrogen-bond acceptors (Lipinski definition) is 1. The molecule has 0 aliphatic heterocycles. The van der Waals surface area contributed by atoms with Crippen LogP contribution in [0.15, 0.2) is 36.4 Å². The molecule has 0 spiro atoms. The number of aryl methyl sites for hydroxylation is 2. The lowest BCUT2D eigenvalue weighted by atomic mass is 9.95. The molecule has 1 unspecified atom stereocenters. The third-order valence-corrected chi connectivity index (χ3v) is 3.19. The fourth-order valence-corrected chi connectivity index (χ4v) is 2.32. The lowest BCUT2D eigenvalue weighted by Crippen LogP contribution is -2.08. The van der Waals surface area contributed by atoms with Gasteiger partial charge in [-0.1, -0.05) is 24.3 Å². The molecule has 0 fully saturated rings. The Morgan fingerprint density at radius 1 is 1.05 bits per heavy atom. The van der Waals surface area contributed by atoms with Crippen LogP contribution < -0.4 is 0 Å². The van der Waals surface area contributed by atoms with Gasteiger partial charge in [-0.2, -0.15) is 0 Å². The van der Waals surface area contributed by atoms with Crippen molar-refractivity contribution in [3.8, 4) is 0 Å². The van der Waals surface area contributed by atoms with E-state index in [0.29, 0.717) is 11.1 Å². The van der Waals surface area contributed by atoms with E-state index >= 15 is 0 Å². The van der Waals surface area contributed by atoms with Crippen LogP contribution in [0.25, 0.3) is 0 Å². The van der Waals surface area contributed by atoms with E-state index in [1.165, 1.54) is 12.1 Å². The van der Waals surface area contributed by atoms with Gasteiger partial charge in [0.05, 0.1) is 6.10 Å². The minimum absolute atomic E-state index is 0.0630. The molecule has 19 heavy (non-hydrogen) atoms. The molecule has 0 aliphatic carbocycles. The summed E-state index contributed by atoms with van der Waals surface area (Å²) in [6.45, 7) is 3.54. The van der Waals surface area contributed by atoms with Crippen LogP contribution in [-0.4, -0.2) is 5.11 Å². The van der Waals surface area contributed by atoms with Crippen molar-refractivity contribution >= 4 is 0 Å². The minimum atomic E-state index is -1.04. The first kappa shape index (κ1) is 13.7. The van der Waals surface area contributed by atoms with Crippen LogP contribution in [0.1, 0.15) is 28.4 Å². The molecule has 2 rings (SSSR count). The number of aliphatic hydroxyl groups is 1. The van der Waals surface area contributed by atoms with Gasteiger partial charge >= 0.3 is 0 Å². The summed E-state index contributed by atoms with van der Waals surface area (Å²) in [6.07, 6.45) is -0.981. The Kier molecular flexibility index (Phi) is 3.96. The summed E-state index contributed by atoms with van der Waals surface area (Å²) < 4.78 is 27.4. The highest BCUT2D eigenvalue weighted by atomic mass is 19.1. The minimum Gasteiger partial charge on any atom is -0.388 e. The molecule has 0 radical (unpaired) electrons. The van der Waals surface area contributed by atoms with Crippen LogP contribution in [0, 0.1) is 25.5 Å².